The maximum atomic E-state index is 12.9. The molecular formula is C21H17N3O4. The minimum absolute atomic E-state index is 0.0531. The highest BCUT2D eigenvalue weighted by molar-refractivity contribution is 6.13. The van der Waals surface area contributed by atoms with Crippen LogP contribution in [0.15, 0.2) is 65.8 Å². The van der Waals surface area contributed by atoms with Crippen LogP contribution in [0.25, 0.3) is 10.8 Å². The minimum atomic E-state index is -0.787. The molecule has 1 heterocycles. The SMILES string of the molecule is C/C(=N/O)[C@@H]1C(=O)Nc2ccc3ccccc3c2[C@H]1c1cccc([N+](=O)[O-])c1. The molecule has 0 aromatic heterocycles. The Morgan fingerprint density at radius 3 is 2.68 bits per heavy atom. The summed E-state index contributed by atoms with van der Waals surface area (Å²) in [6.45, 7) is 1.57. The van der Waals surface area contributed by atoms with E-state index in [9.17, 15) is 20.1 Å². The number of hydrogen-bond acceptors (Lipinski definition) is 5. The van der Waals surface area contributed by atoms with Crippen molar-refractivity contribution in [3.05, 3.63) is 81.9 Å². The lowest BCUT2D eigenvalue weighted by molar-refractivity contribution is -0.384. The van der Waals surface area contributed by atoms with Crippen LogP contribution in [-0.2, 0) is 4.79 Å². The van der Waals surface area contributed by atoms with Gasteiger partial charge < -0.3 is 10.5 Å². The molecule has 0 saturated carbocycles. The summed E-state index contributed by atoms with van der Waals surface area (Å²) in [7, 11) is 0. The van der Waals surface area contributed by atoms with Crippen molar-refractivity contribution in [2.45, 2.75) is 12.8 Å². The largest absolute Gasteiger partial charge is 0.411 e. The van der Waals surface area contributed by atoms with Gasteiger partial charge in [0.2, 0.25) is 5.91 Å². The number of nitrogens with one attached hydrogen (secondary N) is 1. The number of nitro benzene ring substituents is 1. The van der Waals surface area contributed by atoms with Gasteiger partial charge in [-0.05, 0) is 34.9 Å². The predicted molar refractivity (Wildman–Crippen MR) is 106 cm³/mol. The van der Waals surface area contributed by atoms with Gasteiger partial charge in [0.05, 0.1) is 16.6 Å². The first-order chi connectivity index (χ1) is 13.5. The Balaban J connectivity index is 2.04. The van der Waals surface area contributed by atoms with Crippen molar-refractivity contribution < 1.29 is 14.9 Å². The molecule has 0 fully saturated rings. The second-order valence-electron chi connectivity index (χ2n) is 6.79. The molecule has 1 amide bonds. The minimum Gasteiger partial charge on any atom is -0.411 e. The summed E-state index contributed by atoms with van der Waals surface area (Å²) in [5.41, 5.74) is 2.32. The number of hydrogen-bond donors (Lipinski definition) is 2. The number of rotatable bonds is 3. The maximum absolute atomic E-state index is 12.9. The monoisotopic (exact) mass is 375 g/mol. The molecule has 0 aliphatic carbocycles. The number of nitro groups is 1. The van der Waals surface area contributed by atoms with E-state index in [0.29, 0.717) is 11.3 Å². The maximum Gasteiger partial charge on any atom is 0.269 e. The topological polar surface area (TPSA) is 105 Å². The lowest BCUT2D eigenvalue weighted by atomic mass is 9.73. The van der Waals surface area contributed by atoms with Crippen molar-refractivity contribution >= 4 is 33.8 Å². The third-order valence-electron chi connectivity index (χ3n) is 5.20. The summed E-state index contributed by atoms with van der Waals surface area (Å²) >= 11 is 0. The van der Waals surface area contributed by atoms with Gasteiger partial charge in [-0.2, -0.15) is 0 Å². The van der Waals surface area contributed by atoms with Gasteiger partial charge in [0, 0.05) is 23.7 Å². The fraction of sp³-hybridized carbons (Fsp3) is 0.143. The highest BCUT2D eigenvalue weighted by Gasteiger charge is 2.40. The van der Waals surface area contributed by atoms with Crippen LogP contribution >= 0.6 is 0 Å². The van der Waals surface area contributed by atoms with Crippen LogP contribution in [0.2, 0.25) is 0 Å². The van der Waals surface area contributed by atoms with Crippen LogP contribution < -0.4 is 5.32 Å². The zero-order valence-electron chi connectivity index (χ0n) is 15.0. The van der Waals surface area contributed by atoms with E-state index in [-0.39, 0.29) is 17.3 Å². The molecule has 0 bridgehead atoms. The average Bonchev–Trinajstić information content (AvgIpc) is 2.72. The third kappa shape index (κ3) is 2.77. The van der Waals surface area contributed by atoms with Gasteiger partial charge in [-0.15, -0.1) is 0 Å². The van der Waals surface area contributed by atoms with E-state index in [1.54, 1.807) is 19.1 Å². The van der Waals surface area contributed by atoms with Gasteiger partial charge in [-0.25, -0.2) is 0 Å². The summed E-state index contributed by atoms with van der Waals surface area (Å²) in [6, 6.07) is 17.8. The van der Waals surface area contributed by atoms with E-state index in [4.69, 9.17) is 0 Å². The van der Waals surface area contributed by atoms with Gasteiger partial charge in [0.25, 0.3) is 5.69 Å². The van der Waals surface area contributed by atoms with Gasteiger partial charge >= 0.3 is 0 Å². The van der Waals surface area contributed by atoms with Gasteiger partial charge in [-0.3, -0.25) is 14.9 Å². The number of benzene rings is 3. The molecule has 0 radical (unpaired) electrons. The highest BCUT2D eigenvalue weighted by Crippen LogP contribution is 2.45. The molecule has 7 nitrogen and oxygen atoms in total. The van der Waals surface area contributed by atoms with Gasteiger partial charge in [0.1, 0.15) is 0 Å². The molecule has 1 aliphatic heterocycles. The predicted octanol–water partition coefficient (Wildman–Crippen LogP) is 4.30. The standard InChI is InChI=1S/C21H17N3O4/c1-12(23-26)18-19(14-6-4-7-15(11-14)24(27)28)20-16-8-3-2-5-13(16)9-10-17(20)22-21(18)25/h2-11,18-19,26H,1H3,(H,22,25)/b23-12-/t18-,19-/m0/s1. The molecular weight excluding hydrogens is 358 g/mol. The number of carbonyl (C=O) groups excluding carboxylic acids is 1. The molecule has 0 unspecified atom stereocenters. The van der Waals surface area contributed by atoms with Crippen LogP contribution in [0.4, 0.5) is 11.4 Å². The molecule has 7 heteroatoms. The lowest BCUT2D eigenvalue weighted by Gasteiger charge is -2.34. The molecule has 3 aromatic rings. The number of fused-ring (bicyclic) bond motifs is 3. The first kappa shape index (κ1) is 17.7. The second kappa shape index (κ2) is 6.77. The summed E-state index contributed by atoms with van der Waals surface area (Å²) in [6.07, 6.45) is 0. The zero-order valence-corrected chi connectivity index (χ0v) is 15.0. The molecule has 3 aromatic carbocycles. The summed E-state index contributed by atoms with van der Waals surface area (Å²) < 4.78 is 0. The van der Waals surface area contributed by atoms with Crippen molar-refractivity contribution in [3.63, 3.8) is 0 Å². The van der Waals surface area contributed by atoms with Crippen molar-refractivity contribution in [1.29, 1.82) is 0 Å². The van der Waals surface area contributed by atoms with Crippen LogP contribution in [0.5, 0.6) is 0 Å². The molecule has 140 valence electrons. The Kier molecular flexibility index (Phi) is 4.27. The van der Waals surface area contributed by atoms with Crippen molar-refractivity contribution in [2.24, 2.45) is 11.1 Å². The average molecular weight is 375 g/mol. The fourth-order valence-electron chi connectivity index (χ4n) is 3.95. The van der Waals surface area contributed by atoms with Crippen LogP contribution in [-0.4, -0.2) is 21.7 Å². The van der Waals surface area contributed by atoms with E-state index in [1.807, 2.05) is 36.4 Å². The van der Waals surface area contributed by atoms with E-state index < -0.39 is 16.8 Å². The van der Waals surface area contributed by atoms with Crippen molar-refractivity contribution in [2.75, 3.05) is 5.32 Å². The highest BCUT2D eigenvalue weighted by atomic mass is 16.6. The Morgan fingerprint density at radius 1 is 1.14 bits per heavy atom. The first-order valence-corrected chi connectivity index (χ1v) is 8.76. The number of non-ortho nitro benzene ring substituents is 1. The number of oxime groups is 1. The molecule has 0 spiro atoms. The number of carbonyl (C=O) groups is 1. The molecule has 4 rings (SSSR count). The van der Waals surface area contributed by atoms with E-state index in [1.165, 1.54) is 12.1 Å². The van der Waals surface area contributed by atoms with Crippen molar-refractivity contribution in [1.82, 2.24) is 0 Å². The smallest absolute Gasteiger partial charge is 0.269 e. The molecule has 1 aliphatic rings. The normalized spacial score (nSPS) is 19.2. The number of nitrogens with zero attached hydrogens (tertiary/aromatic N) is 2. The molecule has 28 heavy (non-hydrogen) atoms. The third-order valence-corrected chi connectivity index (χ3v) is 5.20. The fourth-order valence-corrected chi connectivity index (χ4v) is 3.95. The lowest BCUT2D eigenvalue weighted by Crippen LogP contribution is -2.38. The van der Waals surface area contributed by atoms with Crippen LogP contribution in [0.1, 0.15) is 24.0 Å². The quantitative estimate of drug-likeness (QED) is 0.308. The zero-order chi connectivity index (χ0) is 19.8. The number of anilines is 1. The van der Waals surface area contributed by atoms with E-state index in [2.05, 4.69) is 10.5 Å². The van der Waals surface area contributed by atoms with Gasteiger partial charge in [-0.1, -0.05) is 47.6 Å². The summed E-state index contributed by atoms with van der Waals surface area (Å²) in [4.78, 5) is 23.7. The summed E-state index contributed by atoms with van der Waals surface area (Å²) in [5.74, 6) is -1.62. The Labute approximate surface area is 160 Å². The molecule has 2 N–H and O–H groups in total. The van der Waals surface area contributed by atoms with Gasteiger partial charge in [0.15, 0.2) is 0 Å². The van der Waals surface area contributed by atoms with Crippen LogP contribution in [0.3, 0.4) is 0 Å². The summed E-state index contributed by atoms with van der Waals surface area (Å²) in [5, 5.41) is 28.8. The van der Waals surface area contributed by atoms with E-state index in [0.717, 1.165) is 16.3 Å². The van der Waals surface area contributed by atoms with Crippen molar-refractivity contribution in [3.8, 4) is 0 Å². The van der Waals surface area contributed by atoms with E-state index >= 15 is 0 Å². The Morgan fingerprint density at radius 2 is 1.93 bits per heavy atom. The first-order valence-electron chi connectivity index (χ1n) is 8.76. The molecule has 2 atom stereocenters. The molecule has 0 saturated heterocycles. The Bertz CT molecular complexity index is 1140. The van der Waals surface area contributed by atoms with Crippen LogP contribution in [0, 0.1) is 16.0 Å². The second-order valence-corrected chi connectivity index (χ2v) is 6.79. The number of amides is 1. The Hall–Kier alpha value is -3.74.